The van der Waals surface area contributed by atoms with Gasteiger partial charge in [-0.1, -0.05) is 30.0 Å². The second kappa shape index (κ2) is 5.29. The third-order valence-corrected chi connectivity index (χ3v) is 3.07. The topological polar surface area (TPSA) is 50.9 Å². The Labute approximate surface area is 102 Å². The number of rotatable bonds is 4. The molecule has 6 heteroatoms. The Kier molecular flexibility index (Phi) is 3.75. The fraction of sp³-hybridized carbons (Fsp3) is 0.273. The molecule has 1 heterocycles. The molecule has 1 aromatic carbocycles. The Balaban J connectivity index is 2.35. The van der Waals surface area contributed by atoms with E-state index in [9.17, 15) is 4.39 Å². The first-order valence-corrected chi connectivity index (χ1v) is 6.29. The highest BCUT2D eigenvalue weighted by Gasteiger charge is 2.12. The van der Waals surface area contributed by atoms with Gasteiger partial charge in [0.05, 0.1) is 6.54 Å². The Bertz CT molecular complexity index is 494. The molecule has 2 aromatic rings. The molecule has 4 nitrogen and oxygen atoms in total. The number of benzene rings is 1. The minimum atomic E-state index is -0.267. The van der Waals surface area contributed by atoms with Crippen LogP contribution < -0.4 is 0 Å². The molecule has 0 unspecified atom stereocenters. The monoisotopic (exact) mass is 253 g/mol. The van der Waals surface area contributed by atoms with Crippen LogP contribution in [-0.2, 0) is 13.2 Å². The highest BCUT2D eigenvalue weighted by Crippen LogP contribution is 2.17. The summed E-state index contributed by atoms with van der Waals surface area (Å²) in [5, 5.41) is 17.6. The molecule has 1 N–H and O–H groups in total. The van der Waals surface area contributed by atoms with Gasteiger partial charge in [0, 0.05) is 5.56 Å². The summed E-state index contributed by atoms with van der Waals surface area (Å²) in [5.41, 5.74) is 0.553. The molecule has 2 rings (SSSR count). The first-order valence-electron chi connectivity index (χ1n) is 5.06. The zero-order valence-electron chi connectivity index (χ0n) is 9.30. The van der Waals surface area contributed by atoms with Gasteiger partial charge in [-0.2, -0.15) is 0 Å². The van der Waals surface area contributed by atoms with E-state index in [1.165, 1.54) is 17.8 Å². The fourth-order valence-corrected chi connectivity index (χ4v) is 2.06. The standard InChI is InChI=1S/C11H12FN3OS/c1-17-11-14-13-10(7-16)15(11)6-8-4-2-3-5-9(8)12/h2-5,16H,6-7H2,1H3. The lowest BCUT2D eigenvalue weighted by molar-refractivity contribution is 0.264. The summed E-state index contributed by atoms with van der Waals surface area (Å²) >= 11 is 1.41. The normalized spacial score (nSPS) is 10.8. The van der Waals surface area contributed by atoms with Crippen LogP contribution in [0, 0.1) is 5.82 Å². The van der Waals surface area contributed by atoms with Crippen LogP contribution in [0.25, 0.3) is 0 Å². The number of aliphatic hydroxyl groups is 1. The number of halogens is 1. The summed E-state index contributed by atoms with van der Waals surface area (Å²) in [4.78, 5) is 0. The van der Waals surface area contributed by atoms with Crippen LogP contribution in [0.3, 0.4) is 0 Å². The van der Waals surface area contributed by atoms with E-state index in [-0.39, 0.29) is 12.4 Å². The second-order valence-electron chi connectivity index (χ2n) is 3.44. The van der Waals surface area contributed by atoms with Crippen molar-refractivity contribution in [3.05, 3.63) is 41.5 Å². The molecule has 0 aliphatic heterocycles. The van der Waals surface area contributed by atoms with E-state index in [1.54, 1.807) is 22.8 Å². The summed E-state index contributed by atoms with van der Waals surface area (Å²) in [7, 11) is 0. The van der Waals surface area contributed by atoms with E-state index in [1.807, 2.05) is 6.26 Å². The third-order valence-electron chi connectivity index (χ3n) is 2.40. The second-order valence-corrected chi connectivity index (χ2v) is 4.21. The maximum Gasteiger partial charge on any atom is 0.191 e. The van der Waals surface area contributed by atoms with Crippen LogP contribution in [0.15, 0.2) is 29.4 Å². The van der Waals surface area contributed by atoms with Crippen LogP contribution in [0.4, 0.5) is 4.39 Å². The lowest BCUT2D eigenvalue weighted by Gasteiger charge is -2.08. The SMILES string of the molecule is CSc1nnc(CO)n1Cc1ccccc1F. The number of hydrogen-bond donors (Lipinski definition) is 1. The number of nitrogens with zero attached hydrogens (tertiary/aromatic N) is 3. The minimum absolute atomic E-state index is 0.206. The van der Waals surface area contributed by atoms with Crippen molar-refractivity contribution in [2.24, 2.45) is 0 Å². The summed E-state index contributed by atoms with van der Waals surface area (Å²) in [6.45, 7) is 0.119. The van der Waals surface area contributed by atoms with E-state index in [0.29, 0.717) is 23.1 Å². The molecule has 0 saturated heterocycles. The first-order chi connectivity index (χ1) is 8.26. The predicted molar refractivity (Wildman–Crippen MR) is 63.2 cm³/mol. The van der Waals surface area contributed by atoms with Crippen LogP contribution in [0.2, 0.25) is 0 Å². The zero-order valence-corrected chi connectivity index (χ0v) is 10.1. The van der Waals surface area contributed by atoms with Gasteiger partial charge in [0.2, 0.25) is 0 Å². The molecule has 0 amide bonds. The van der Waals surface area contributed by atoms with Crippen molar-refractivity contribution in [2.75, 3.05) is 6.26 Å². The van der Waals surface area contributed by atoms with Gasteiger partial charge in [-0.05, 0) is 12.3 Å². The number of aliphatic hydroxyl groups excluding tert-OH is 1. The number of thioether (sulfide) groups is 1. The van der Waals surface area contributed by atoms with Crippen LogP contribution in [-0.4, -0.2) is 26.1 Å². The molecule has 0 saturated carbocycles. The molecule has 0 radical (unpaired) electrons. The Morgan fingerprint density at radius 1 is 1.35 bits per heavy atom. The molecule has 0 bridgehead atoms. The average Bonchev–Trinajstić information content (AvgIpc) is 2.74. The van der Waals surface area contributed by atoms with Gasteiger partial charge in [0.15, 0.2) is 11.0 Å². The lowest BCUT2D eigenvalue weighted by atomic mass is 10.2. The van der Waals surface area contributed by atoms with Crippen molar-refractivity contribution < 1.29 is 9.50 Å². The zero-order chi connectivity index (χ0) is 12.3. The van der Waals surface area contributed by atoms with E-state index >= 15 is 0 Å². The number of aromatic nitrogens is 3. The van der Waals surface area contributed by atoms with Gasteiger partial charge in [-0.15, -0.1) is 10.2 Å². The first kappa shape index (κ1) is 12.1. The molecular formula is C11H12FN3OS. The molecule has 0 aliphatic rings. The Morgan fingerprint density at radius 3 is 2.76 bits per heavy atom. The van der Waals surface area contributed by atoms with Crippen molar-refractivity contribution in [3.63, 3.8) is 0 Å². The molecule has 1 aromatic heterocycles. The highest BCUT2D eigenvalue weighted by molar-refractivity contribution is 7.98. The van der Waals surface area contributed by atoms with Gasteiger partial charge < -0.3 is 5.11 Å². The smallest absolute Gasteiger partial charge is 0.191 e. The minimum Gasteiger partial charge on any atom is -0.388 e. The van der Waals surface area contributed by atoms with Crippen molar-refractivity contribution in [2.45, 2.75) is 18.3 Å². The third kappa shape index (κ3) is 2.48. The maximum absolute atomic E-state index is 13.5. The van der Waals surface area contributed by atoms with Gasteiger partial charge in [0.25, 0.3) is 0 Å². The largest absolute Gasteiger partial charge is 0.388 e. The van der Waals surface area contributed by atoms with Crippen LogP contribution in [0.1, 0.15) is 11.4 Å². The Morgan fingerprint density at radius 2 is 2.12 bits per heavy atom. The summed E-state index contributed by atoms with van der Waals surface area (Å²) in [6.07, 6.45) is 1.86. The van der Waals surface area contributed by atoms with Crippen molar-refractivity contribution in [1.29, 1.82) is 0 Å². The highest BCUT2D eigenvalue weighted by atomic mass is 32.2. The van der Waals surface area contributed by atoms with Crippen molar-refractivity contribution in [1.82, 2.24) is 14.8 Å². The van der Waals surface area contributed by atoms with E-state index < -0.39 is 0 Å². The molecule has 0 atom stereocenters. The molecule has 0 fully saturated rings. The number of hydrogen-bond acceptors (Lipinski definition) is 4. The van der Waals surface area contributed by atoms with E-state index in [2.05, 4.69) is 10.2 Å². The van der Waals surface area contributed by atoms with Crippen molar-refractivity contribution >= 4 is 11.8 Å². The van der Waals surface area contributed by atoms with E-state index in [0.717, 1.165) is 0 Å². The van der Waals surface area contributed by atoms with Gasteiger partial charge in [-0.3, -0.25) is 4.57 Å². The van der Waals surface area contributed by atoms with Gasteiger partial charge in [0.1, 0.15) is 12.4 Å². The molecule has 0 aliphatic carbocycles. The van der Waals surface area contributed by atoms with E-state index in [4.69, 9.17) is 5.11 Å². The molecule has 17 heavy (non-hydrogen) atoms. The van der Waals surface area contributed by atoms with Crippen LogP contribution in [0.5, 0.6) is 0 Å². The Hall–Kier alpha value is -1.40. The molecule has 90 valence electrons. The maximum atomic E-state index is 13.5. The van der Waals surface area contributed by atoms with Crippen LogP contribution >= 0.6 is 11.8 Å². The summed E-state index contributed by atoms with van der Waals surface area (Å²) < 4.78 is 15.2. The summed E-state index contributed by atoms with van der Waals surface area (Å²) in [6, 6.07) is 6.55. The van der Waals surface area contributed by atoms with Gasteiger partial charge >= 0.3 is 0 Å². The fourth-order valence-electron chi connectivity index (χ4n) is 1.54. The average molecular weight is 253 g/mol. The predicted octanol–water partition coefficient (Wildman–Crippen LogP) is 1.68. The quantitative estimate of drug-likeness (QED) is 0.842. The molecular weight excluding hydrogens is 241 g/mol. The van der Waals surface area contributed by atoms with Crippen molar-refractivity contribution in [3.8, 4) is 0 Å². The summed E-state index contributed by atoms with van der Waals surface area (Å²) in [5.74, 6) is 0.176. The lowest BCUT2D eigenvalue weighted by Crippen LogP contribution is -2.07. The molecule has 0 spiro atoms. The van der Waals surface area contributed by atoms with Gasteiger partial charge in [-0.25, -0.2) is 4.39 Å².